The van der Waals surface area contributed by atoms with Gasteiger partial charge in [0, 0.05) is 19.1 Å². The van der Waals surface area contributed by atoms with E-state index in [4.69, 9.17) is 38.2 Å². The molecule has 2 heterocycles. The minimum absolute atomic E-state index is 0.0187. The molecule has 0 bridgehead atoms. The van der Waals surface area contributed by atoms with Gasteiger partial charge in [0.2, 0.25) is 0 Å². The maximum Gasteiger partial charge on any atom is 0.393 e. The highest BCUT2D eigenvalue weighted by molar-refractivity contribution is 7.54. The van der Waals surface area contributed by atoms with Crippen LogP contribution in [0.3, 0.4) is 0 Å². The van der Waals surface area contributed by atoms with Gasteiger partial charge in [0.1, 0.15) is 11.8 Å². The van der Waals surface area contributed by atoms with E-state index in [1.807, 2.05) is 0 Å². The van der Waals surface area contributed by atoms with Crippen LogP contribution in [-0.4, -0.2) is 76.5 Å². The molecule has 1 aromatic heterocycles. The number of hydrogen-bond acceptors (Lipinski definition) is 9. The number of carbonyl (C=O) groups excluding carboxylic acids is 4. The third-order valence-corrected chi connectivity index (χ3v) is 10.6. The molecule has 3 atom stereocenters. The quantitative estimate of drug-likeness (QED) is 0.151. The number of nitrogens with one attached hydrogen (secondary N) is 3. The molecule has 0 spiro atoms. The second-order valence-electron chi connectivity index (χ2n) is 11.5. The molecule has 4 rings (SSSR count). The van der Waals surface area contributed by atoms with Crippen molar-refractivity contribution in [3.63, 3.8) is 0 Å². The number of amides is 2. The van der Waals surface area contributed by atoms with Crippen LogP contribution in [0.25, 0.3) is 0 Å². The van der Waals surface area contributed by atoms with Gasteiger partial charge in [0.05, 0.1) is 40.6 Å². The predicted octanol–water partition coefficient (Wildman–Crippen LogP) is 4.60. The number of methoxy groups -OCH3 is 1. The molecule has 17 heteroatoms. The van der Waals surface area contributed by atoms with Crippen LogP contribution < -0.4 is 26.0 Å². The van der Waals surface area contributed by atoms with Crippen LogP contribution in [0, 0.1) is 5.92 Å². The molecular weight excluding hydrogens is 684 g/mol. The standard InChI is InChI=1S/C31H38Cl2N7O7P/c1-18(2)26(34)30(43)40-17-24(36-28(41)25-22(32)11-8-12-23(25)33)27(37-40)29(42)35-20-13-15-39(16-14-20)48(45,38-19(3)31(44)46-4)47-21-9-6-5-7-10-21/h5-12,17-20,26H,13-16,34H2,1-4H3,(H,35,42)(H,36,41)(H,38,45)/t19-,26-,48?/m0/s1. The summed E-state index contributed by atoms with van der Waals surface area (Å²) in [6, 6.07) is 10.9. The fraction of sp³-hybridized carbons (Fsp3) is 0.387. The van der Waals surface area contributed by atoms with E-state index in [9.17, 15) is 23.7 Å². The number of halogens is 2. The summed E-state index contributed by atoms with van der Waals surface area (Å²) in [5.74, 6) is -2.45. The van der Waals surface area contributed by atoms with Gasteiger partial charge in [-0.1, -0.05) is 61.3 Å². The van der Waals surface area contributed by atoms with E-state index in [1.54, 1.807) is 54.9 Å². The number of ether oxygens (including phenoxy) is 1. The first kappa shape index (κ1) is 37.0. The van der Waals surface area contributed by atoms with Crippen molar-refractivity contribution < 1.29 is 33.0 Å². The zero-order chi connectivity index (χ0) is 35.2. The van der Waals surface area contributed by atoms with E-state index >= 15 is 0 Å². The summed E-state index contributed by atoms with van der Waals surface area (Å²) in [4.78, 5) is 52.0. The number of para-hydroxylation sites is 1. The Labute approximate surface area is 288 Å². The molecule has 48 heavy (non-hydrogen) atoms. The Hall–Kier alpha value is -3.78. The minimum Gasteiger partial charge on any atom is -0.468 e. The Bertz CT molecular complexity index is 1680. The Morgan fingerprint density at radius 2 is 1.60 bits per heavy atom. The molecule has 0 aliphatic carbocycles. The highest BCUT2D eigenvalue weighted by atomic mass is 35.5. The van der Waals surface area contributed by atoms with Crippen molar-refractivity contribution >= 4 is 60.3 Å². The van der Waals surface area contributed by atoms with E-state index in [0.29, 0.717) is 18.6 Å². The van der Waals surface area contributed by atoms with Crippen LogP contribution in [0.2, 0.25) is 10.0 Å². The third-order valence-electron chi connectivity index (χ3n) is 7.66. The van der Waals surface area contributed by atoms with Gasteiger partial charge >= 0.3 is 13.6 Å². The van der Waals surface area contributed by atoms with Gasteiger partial charge in [-0.15, -0.1) is 0 Å². The molecule has 0 radical (unpaired) electrons. The van der Waals surface area contributed by atoms with Crippen LogP contribution in [0.1, 0.15) is 59.3 Å². The molecule has 1 unspecified atom stereocenters. The number of piperidine rings is 1. The van der Waals surface area contributed by atoms with Crippen molar-refractivity contribution in [3.05, 3.63) is 76.0 Å². The number of anilines is 1. The molecular formula is C31H38Cl2N7O7P. The van der Waals surface area contributed by atoms with Crippen LogP contribution in [0.5, 0.6) is 5.75 Å². The third kappa shape index (κ3) is 8.81. The SMILES string of the molecule is COC(=O)[C@H](C)NP(=O)(Oc1ccccc1)N1CCC(NC(=O)c2nn(C(=O)[C@@H](N)C(C)C)cc2NC(=O)c2c(Cl)cccc2Cl)CC1. The highest BCUT2D eigenvalue weighted by Crippen LogP contribution is 2.48. The number of nitrogens with two attached hydrogens (primary N) is 1. The van der Waals surface area contributed by atoms with Gasteiger partial charge in [-0.05, 0) is 49.9 Å². The Morgan fingerprint density at radius 1 is 0.979 bits per heavy atom. The topological polar surface area (TPSA) is 187 Å². The molecule has 258 valence electrons. The van der Waals surface area contributed by atoms with Crippen molar-refractivity contribution in [1.29, 1.82) is 0 Å². The summed E-state index contributed by atoms with van der Waals surface area (Å²) in [6.07, 6.45) is 1.91. The predicted molar refractivity (Wildman–Crippen MR) is 181 cm³/mol. The van der Waals surface area contributed by atoms with Gasteiger partial charge < -0.3 is 25.6 Å². The number of esters is 1. The van der Waals surface area contributed by atoms with E-state index < -0.39 is 49.5 Å². The number of rotatable bonds is 12. The van der Waals surface area contributed by atoms with Crippen LogP contribution in [0.15, 0.2) is 54.7 Å². The zero-order valence-corrected chi connectivity index (χ0v) is 29.2. The maximum atomic E-state index is 14.2. The molecule has 1 aliphatic heterocycles. The fourth-order valence-electron chi connectivity index (χ4n) is 4.87. The summed E-state index contributed by atoms with van der Waals surface area (Å²) in [7, 11) is -2.58. The van der Waals surface area contributed by atoms with Crippen LogP contribution in [0.4, 0.5) is 5.69 Å². The lowest BCUT2D eigenvalue weighted by molar-refractivity contribution is -0.142. The van der Waals surface area contributed by atoms with Crippen LogP contribution >= 0.6 is 30.9 Å². The first-order valence-corrected chi connectivity index (χ1v) is 17.5. The highest BCUT2D eigenvalue weighted by Gasteiger charge is 2.39. The average molecular weight is 723 g/mol. The molecule has 0 saturated carbocycles. The Kier molecular flexibility index (Phi) is 12.4. The molecule has 2 aromatic carbocycles. The molecule has 3 aromatic rings. The lowest BCUT2D eigenvalue weighted by Crippen LogP contribution is -2.47. The summed E-state index contributed by atoms with van der Waals surface area (Å²) < 4.78 is 27.4. The summed E-state index contributed by atoms with van der Waals surface area (Å²) >= 11 is 12.4. The van der Waals surface area contributed by atoms with Gasteiger partial charge in [-0.2, -0.15) is 5.10 Å². The van der Waals surface area contributed by atoms with Gasteiger partial charge in [0.25, 0.3) is 17.7 Å². The van der Waals surface area contributed by atoms with Gasteiger partial charge in [-0.3, -0.25) is 19.2 Å². The minimum atomic E-state index is -3.81. The fourth-order valence-corrected chi connectivity index (χ4v) is 7.54. The average Bonchev–Trinajstić information content (AvgIpc) is 3.47. The lowest BCUT2D eigenvalue weighted by Gasteiger charge is -2.37. The van der Waals surface area contributed by atoms with Gasteiger partial charge in [0.15, 0.2) is 5.69 Å². The number of benzene rings is 2. The van der Waals surface area contributed by atoms with E-state index in [2.05, 4.69) is 20.8 Å². The van der Waals surface area contributed by atoms with Crippen molar-refractivity contribution in [2.24, 2.45) is 11.7 Å². The molecule has 2 amide bonds. The maximum absolute atomic E-state index is 14.2. The van der Waals surface area contributed by atoms with E-state index in [-0.39, 0.29) is 46.0 Å². The normalized spacial score (nSPS) is 16.4. The number of hydrogen-bond donors (Lipinski definition) is 4. The largest absolute Gasteiger partial charge is 0.468 e. The van der Waals surface area contributed by atoms with E-state index in [1.165, 1.54) is 32.4 Å². The van der Waals surface area contributed by atoms with Crippen molar-refractivity contribution in [2.45, 2.75) is 51.7 Å². The summed E-state index contributed by atoms with van der Waals surface area (Å²) in [6.45, 7) is 5.50. The summed E-state index contributed by atoms with van der Waals surface area (Å²) in [5, 5.41) is 12.7. The van der Waals surface area contributed by atoms with Crippen LogP contribution in [-0.2, 0) is 14.1 Å². The molecule has 14 nitrogen and oxygen atoms in total. The molecule has 1 aliphatic rings. The smallest absolute Gasteiger partial charge is 0.393 e. The summed E-state index contributed by atoms with van der Waals surface area (Å²) in [5.41, 5.74) is 5.75. The van der Waals surface area contributed by atoms with Crippen molar-refractivity contribution in [2.75, 3.05) is 25.5 Å². The molecule has 1 saturated heterocycles. The first-order valence-electron chi connectivity index (χ1n) is 15.2. The zero-order valence-electron chi connectivity index (χ0n) is 26.8. The second-order valence-corrected chi connectivity index (χ2v) is 14.4. The molecule has 5 N–H and O–H groups in total. The van der Waals surface area contributed by atoms with E-state index in [0.717, 1.165) is 4.68 Å². The number of carbonyl (C=O) groups is 4. The van der Waals surface area contributed by atoms with Crippen molar-refractivity contribution in [3.8, 4) is 5.75 Å². The number of aromatic nitrogens is 2. The number of nitrogens with zero attached hydrogens (tertiary/aromatic N) is 3. The van der Waals surface area contributed by atoms with Gasteiger partial charge in [-0.25, -0.2) is 19.0 Å². The molecule has 1 fully saturated rings. The van der Waals surface area contributed by atoms with Crippen molar-refractivity contribution in [1.82, 2.24) is 24.9 Å². The first-order chi connectivity index (χ1) is 22.7. The monoisotopic (exact) mass is 721 g/mol. The Morgan fingerprint density at radius 3 is 2.19 bits per heavy atom. The Balaban J connectivity index is 1.53. The lowest BCUT2D eigenvalue weighted by atomic mass is 10.1. The second kappa shape index (κ2) is 16.1.